The Hall–Kier alpha value is -3.28. The molecule has 0 unspecified atom stereocenters. The molecule has 0 radical (unpaired) electrons. The lowest BCUT2D eigenvalue weighted by Crippen LogP contribution is -2.32. The Bertz CT molecular complexity index is 845. The Kier molecular flexibility index (Phi) is 5.31. The summed E-state index contributed by atoms with van der Waals surface area (Å²) in [6, 6.07) is 16.5. The number of fused-ring (bicyclic) bond motifs is 1. The molecule has 6 heteroatoms. The van der Waals surface area contributed by atoms with Crippen molar-refractivity contribution in [3.05, 3.63) is 60.8 Å². The van der Waals surface area contributed by atoms with Gasteiger partial charge in [-0.15, -0.1) is 0 Å². The van der Waals surface area contributed by atoms with Gasteiger partial charge in [0.1, 0.15) is 23.6 Å². The van der Waals surface area contributed by atoms with Gasteiger partial charge in [0.25, 0.3) is 0 Å². The van der Waals surface area contributed by atoms with Gasteiger partial charge in [-0.25, -0.2) is 4.79 Å². The summed E-state index contributed by atoms with van der Waals surface area (Å²) in [6.07, 6.45) is 1.73. The molecule has 6 nitrogen and oxygen atoms in total. The third kappa shape index (κ3) is 4.38. The molecule has 2 N–H and O–H groups in total. The summed E-state index contributed by atoms with van der Waals surface area (Å²) in [7, 11) is 1.60. The number of urea groups is 1. The van der Waals surface area contributed by atoms with Crippen molar-refractivity contribution in [2.24, 2.45) is 0 Å². The highest BCUT2D eigenvalue weighted by molar-refractivity contribution is 5.89. The quantitative estimate of drug-likeness (QED) is 0.676. The molecule has 2 aromatic carbocycles. The zero-order valence-electron chi connectivity index (χ0n) is 13.9. The Labute approximate surface area is 145 Å². The second-order valence-corrected chi connectivity index (χ2v) is 5.29. The first-order chi connectivity index (χ1) is 12.3. The van der Waals surface area contributed by atoms with Crippen molar-refractivity contribution >= 4 is 22.6 Å². The molecule has 0 aliphatic carbocycles. The van der Waals surface area contributed by atoms with Crippen LogP contribution < -0.4 is 20.1 Å². The summed E-state index contributed by atoms with van der Waals surface area (Å²) in [5, 5.41) is 6.52. The van der Waals surface area contributed by atoms with Crippen LogP contribution in [0.4, 0.5) is 10.5 Å². The maximum Gasteiger partial charge on any atom is 0.319 e. The lowest BCUT2D eigenvalue weighted by molar-refractivity contribution is 0.247. The number of rotatable bonds is 6. The molecule has 25 heavy (non-hydrogen) atoms. The fourth-order valence-corrected chi connectivity index (χ4v) is 2.37. The van der Waals surface area contributed by atoms with Gasteiger partial charge in [0.15, 0.2) is 0 Å². The van der Waals surface area contributed by atoms with Gasteiger partial charge in [-0.2, -0.15) is 0 Å². The van der Waals surface area contributed by atoms with Gasteiger partial charge < -0.3 is 20.1 Å². The van der Waals surface area contributed by atoms with Crippen LogP contribution >= 0.6 is 0 Å². The van der Waals surface area contributed by atoms with Crippen LogP contribution in [0.15, 0.2) is 60.8 Å². The number of para-hydroxylation sites is 1. The van der Waals surface area contributed by atoms with Crippen molar-refractivity contribution in [1.82, 2.24) is 10.3 Å². The van der Waals surface area contributed by atoms with E-state index in [1.807, 2.05) is 30.3 Å². The molecule has 0 saturated heterocycles. The third-order valence-corrected chi connectivity index (χ3v) is 3.59. The Morgan fingerprint density at radius 3 is 2.68 bits per heavy atom. The van der Waals surface area contributed by atoms with Crippen LogP contribution in [0.5, 0.6) is 11.5 Å². The van der Waals surface area contributed by atoms with Crippen molar-refractivity contribution in [3.8, 4) is 11.5 Å². The molecule has 1 heterocycles. The molecule has 0 aliphatic heterocycles. The molecule has 2 amide bonds. The van der Waals surface area contributed by atoms with E-state index in [9.17, 15) is 4.79 Å². The molecule has 0 saturated carbocycles. The van der Waals surface area contributed by atoms with Crippen LogP contribution in [-0.2, 0) is 0 Å². The number of carbonyl (C=O) groups excluding carboxylic acids is 1. The van der Waals surface area contributed by atoms with Crippen LogP contribution in [0.3, 0.4) is 0 Å². The number of methoxy groups -OCH3 is 1. The highest BCUT2D eigenvalue weighted by atomic mass is 16.5. The van der Waals surface area contributed by atoms with E-state index in [4.69, 9.17) is 9.47 Å². The highest BCUT2D eigenvalue weighted by Crippen LogP contribution is 2.22. The van der Waals surface area contributed by atoms with Crippen LogP contribution in [0.25, 0.3) is 10.9 Å². The zero-order valence-corrected chi connectivity index (χ0v) is 13.9. The minimum absolute atomic E-state index is 0.287. The van der Waals surface area contributed by atoms with Gasteiger partial charge in [0.05, 0.1) is 13.7 Å². The van der Waals surface area contributed by atoms with Crippen LogP contribution in [0.1, 0.15) is 0 Å². The van der Waals surface area contributed by atoms with Crippen LogP contribution in [0, 0.1) is 0 Å². The number of aromatic nitrogens is 1. The third-order valence-electron chi connectivity index (χ3n) is 3.59. The van der Waals surface area contributed by atoms with Crippen molar-refractivity contribution in [2.45, 2.75) is 0 Å². The maximum atomic E-state index is 11.9. The second-order valence-electron chi connectivity index (χ2n) is 5.29. The molecule has 0 bridgehead atoms. The van der Waals surface area contributed by atoms with Gasteiger partial charge in [-0.1, -0.05) is 18.2 Å². The van der Waals surface area contributed by atoms with E-state index in [2.05, 4.69) is 15.6 Å². The first-order valence-corrected chi connectivity index (χ1v) is 7.92. The number of anilines is 1. The van der Waals surface area contributed by atoms with E-state index in [1.54, 1.807) is 37.6 Å². The molecular weight excluding hydrogens is 318 g/mol. The van der Waals surface area contributed by atoms with E-state index in [1.165, 1.54) is 0 Å². The second kappa shape index (κ2) is 8.01. The number of ether oxygens (including phenoxy) is 2. The summed E-state index contributed by atoms with van der Waals surface area (Å²) in [4.78, 5) is 16.2. The Morgan fingerprint density at radius 1 is 1.08 bits per heavy atom. The van der Waals surface area contributed by atoms with E-state index in [0.717, 1.165) is 16.7 Å². The van der Waals surface area contributed by atoms with Gasteiger partial charge >= 0.3 is 6.03 Å². The SMILES string of the molecule is COc1ccc(NC(=O)NCCOc2cccc3cccnc23)cc1. The first kappa shape index (κ1) is 16.6. The number of hydrogen-bond acceptors (Lipinski definition) is 4. The average molecular weight is 337 g/mol. The standard InChI is InChI=1S/C19H19N3O3/c1-24-16-9-7-15(8-10-16)22-19(23)21-12-13-25-17-6-2-4-14-5-3-11-20-18(14)17/h2-11H,12-13H2,1H3,(H2,21,22,23). The number of benzene rings is 2. The summed E-state index contributed by atoms with van der Waals surface area (Å²) < 4.78 is 10.8. The van der Waals surface area contributed by atoms with E-state index in [0.29, 0.717) is 24.6 Å². The van der Waals surface area contributed by atoms with Crippen molar-refractivity contribution in [1.29, 1.82) is 0 Å². The zero-order chi connectivity index (χ0) is 17.5. The fraction of sp³-hybridized carbons (Fsp3) is 0.158. The van der Waals surface area contributed by atoms with Crippen LogP contribution in [-0.4, -0.2) is 31.3 Å². The summed E-state index contributed by atoms with van der Waals surface area (Å²) in [6.45, 7) is 0.733. The Morgan fingerprint density at radius 2 is 1.88 bits per heavy atom. The number of nitrogens with one attached hydrogen (secondary N) is 2. The van der Waals surface area contributed by atoms with Gasteiger partial charge in [-0.3, -0.25) is 4.98 Å². The van der Waals surface area contributed by atoms with Crippen LogP contribution in [0.2, 0.25) is 0 Å². The lowest BCUT2D eigenvalue weighted by atomic mass is 10.2. The molecule has 128 valence electrons. The molecular formula is C19H19N3O3. The first-order valence-electron chi connectivity index (χ1n) is 7.92. The molecule has 1 aromatic heterocycles. The lowest BCUT2D eigenvalue weighted by Gasteiger charge is -2.10. The number of carbonyl (C=O) groups is 1. The summed E-state index contributed by atoms with van der Waals surface area (Å²) in [5.41, 5.74) is 1.50. The van der Waals surface area contributed by atoms with E-state index >= 15 is 0 Å². The minimum atomic E-state index is -0.287. The summed E-state index contributed by atoms with van der Waals surface area (Å²) >= 11 is 0. The van der Waals surface area contributed by atoms with Gasteiger partial charge in [0.2, 0.25) is 0 Å². The molecule has 0 spiro atoms. The monoisotopic (exact) mass is 337 g/mol. The Balaban J connectivity index is 1.46. The highest BCUT2D eigenvalue weighted by Gasteiger charge is 2.04. The maximum absolute atomic E-state index is 11.9. The molecule has 0 atom stereocenters. The number of hydrogen-bond donors (Lipinski definition) is 2. The topological polar surface area (TPSA) is 72.5 Å². The largest absolute Gasteiger partial charge is 0.497 e. The number of nitrogens with zero attached hydrogens (tertiary/aromatic N) is 1. The normalized spacial score (nSPS) is 10.3. The molecule has 3 rings (SSSR count). The number of pyridine rings is 1. The van der Waals surface area contributed by atoms with E-state index < -0.39 is 0 Å². The summed E-state index contributed by atoms with van der Waals surface area (Å²) in [5.74, 6) is 1.44. The van der Waals surface area contributed by atoms with Crippen molar-refractivity contribution in [3.63, 3.8) is 0 Å². The van der Waals surface area contributed by atoms with Crippen molar-refractivity contribution < 1.29 is 14.3 Å². The molecule has 0 fully saturated rings. The van der Waals surface area contributed by atoms with Gasteiger partial charge in [-0.05, 0) is 36.4 Å². The number of amides is 2. The smallest absolute Gasteiger partial charge is 0.319 e. The van der Waals surface area contributed by atoms with Crippen molar-refractivity contribution in [2.75, 3.05) is 25.6 Å². The average Bonchev–Trinajstić information content (AvgIpc) is 2.66. The predicted octanol–water partition coefficient (Wildman–Crippen LogP) is 3.44. The molecule has 3 aromatic rings. The molecule has 0 aliphatic rings. The minimum Gasteiger partial charge on any atom is -0.497 e. The van der Waals surface area contributed by atoms with Gasteiger partial charge in [0, 0.05) is 17.3 Å². The van der Waals surface area contributed by atoms with E-state index in [-0.39, 0.29) is 6.03 Å². The predicted molar refractivity (Wildman–Crippen MR) is 97.3 cm³/mol. The fourth-order valence-electron chi connectivity index (χ4n) is 2.37.